The Labute approximate surface area is 97.8 Å². The van der Waals surface area contributed by atoms with Crippen LogP contribution in [-0.2, 0) is 11.2 Å². The Bertz CT molecular complexity index is 302. The molecule has 1 rings (SSSR count). The zero-order chi connectivity index (χ0) is 11.8. The molecule has 90 valence electrons. The zero-order valence-corrected chi connectivity index (χ0v) is 10.3. The monoisotopic (exact) mass is 223 g/mol. The number of ether oxygens (including phenoxy) is 2. The van der Waals surface area contributed by atoms with E-state index in [1.54, 1.807) is 14.2 Å². The Morgan fingerprint density at radius 3 is 2.69 bits per heavy atom. The number of para-hydroxylation sites is 1. The van der Waals surface area contributed by atoms with Crippen LogP contribution in [-0.4, -0.2) is 33.4 Å². The van der Waals surface area contributed by atoms with Crippen molar-refractivity contribution in [2.75, 3.05) is 27.4 Å². The Morgan fingerprint density at radius 1 is 1.25 bits per heavy atom. The van der Waals surface area contributed by atoms with Gasteiger partial charge in [-0.3, -0.25) is 0 Å². The smallest absolute Gasteiger partial charge is 0.122 e. The third-order valence-electron chi connectivity index (χ3n) is 2.50. The molecule has 1 aromatic rings. The van der Waals surface area contributed by atoms with Gasteiger partial charge in [-0.25, -0.2) is 0 Å². The summed E-state index contributed by atoms with van der Waals surface area (Å²) in [6.45, 7) is 3.79. The normalized spacial score (nSPS) is 12.4. The van der Waals surface area contributed by atoms with Crippen LogP contribution in [0, 0.1) is 0 Å². The van der Waals surface area contributed by atoms with Crippen molar-refractivity contribution in [3.05, 3.63) is 29.8 Å². The first-order chi connectivity index (χ1) is 7.77. The van der Waals surface area contributed by atoms with Gasteiger partial charge in [0.2, 0.25) is 0 Å². The molecule has 0 heterocycles. The fourth-order valence-electron chi connectivity index (χ4n) is 1.67. The molecule has 1 unspecified atom stereocenters. The van der Waals surface area contributed by atoms with Crippen molar-refractivity contribution in [3.63, 3.8) is 0 Å². The first-order valence-corrected chi connectivity index (χ1v) is 5.62. The third kappa shape index (κ3) is 4.21. The largest absolute Gasteiger partial charge is 0.496 e. The summed E-state index contributed by atoms with van der Waals surface area (Å²) in [4.78, 5) is 0. The summed E-state index contributed by atoms with van der Waals surface area (Å²) >= 11 is 0. The molecule has 3 nitrogen and oxygen atoms in total. The molecule has 0 saturated carbocycles. The number of methoxy groups -OCH3 is 2. The van der Waals surface area contributed by atoms with Crippen LogP contribution in [0.2, 0.25) is 0 Å². The van der Waals surface area contributed by atoms with E-state index in [1.807, 2.05) is 18.2 Å². The molecule has 0 spiro atoms. The number of hydrogen-bond donors (Lipinski definition) is 1. The molecule has 0 amide bonds. The molecule has 16 heavy (non-hydrogen) atoms. The van der Waals surface area contributed by atoms with Gasteiger partial charge in [0, 0.05) is 13.2 Å². The molecular weight excluding hydrogens is 202 g/mol. The maximum atomic E-state index is 5.30. The molecule has 0 saturated heterocycles. The van der Waals surface area contributed by atoms with E-state index in [9.17, 15) is 0 Å². The minimum atomic E-state index is 0.389. The van der Waals surface area contributed by atoms with E-state index in [4.69, 9.17) is 9.47 Å². The predicted molar refractivity (Wildman–Crippen MR) is 66.0 cm³/mol. The van der Waals surface area contributed by atoms with Crippen molar-refractivity contribution in [2.45, 2.75) is 19.4 Å². The molecule has 0 aliphatic carbocycles. The second kappa shape index (κ2) is 7.25. The maximum absolute atomic E-state index is 5.30. The van der Waals surface area contributed by atoms with Crippen molar-refractivity contribution >= 4 is 0 Å². The first kappa shape index (κ1) is 13.0. The molecule has 1 N–H and O–H groups in total. The number of nitrogens with one attached hydrogen (secondary N) is 1. The predicted octanol–water partition coefficient (Wildman–Crippen LogP) is 1.86. The van der Waals surface area contributed by atoms with Crippen LogP contribution in [0.4, 0.5) is 0 Å². The van der Waals surface area contributed by atoms with Crippen molar-refractivity contribution in [2.24, 2.45) is 0 Å². The second-order valence-electron chi connectivity index (χ2n) is 3.87. The van der Waals surface area contributed by atoms with Gasteiger partial charge in [-0.15, -0.1) is 0 Å². The van der Waals surface area contributed by atoms with Crippen molar-refractivity contribution in [3.8, 4) is 5.75 Å². The molecule has 0 fully saturated rings. The van der Waals surface area contributed by atoms with Crippen LogP contribution in [0.15, 0.2) is 24.3 Å². The van der Waals surface area contributed by atoms with Crippen molar-refractivity contribution < 1.29 is 9.47 Å². The molecule has 1 atom stereocenters. The lowest BCUT2D eigenvalue weighted by molar-refractivity contribution is 0.172. The Morgan fingerprint density at radius 2 is 2.00 bits per heavy atom. The van der Waals surface area contributed by atoms with Crippen LogP contribution < -0.4 is 10.1 Å². The van der Waals surface area contributed by atoms with E-state index < -0.39 is 0 Å². The fourth-order valence-corrected chi connectivity index (χ4v) is 1.67. The van der Waals surface area contributed by atoms with Gasteiger partial charge < -0.3 is 14.8 Å². The molecule has 0 aliphatic heterocycles. The maximum Gasteiger partial charge on any atom is 0.122 e. The van der Waals surface area contributed by atoms with E-state index in [0.717, 1.165) is 25.3 Å². The minimum absolute atomic E-state index is 0.389. The Balaban J connectivity index is 2.36. The lowest BCUT2D eigenvalue weighted by atomic mass is 10.1. The standard InChI is InChI=1S/C13H21NO2/c1-11(10-15-2)14-9-8-12-6-4-5-7-13(12)16-3/h4-7,11,14H,8-10H2,1-3H3. The molecule has 3 heteroatoms. The molecule has 0 radical (unpaired) electrons. The Hall–Kier alpha value is -1.06. The van der Waals surface area contributed by atoms with Crippen LogP contribution >= 0.6 is 0 Å². The zero-order valence-electron chi connectivity index (χ0n) is 10.3. The summed E-state index contributed by atoms with van der Waals surface area (Å²) in [5.74, 6) is 0.962. The summed E-state index contributed by atoms with van der Waals surface area (Å²) in [7, 11) is 3.43. The SMILES string of the molecule is COCC(C)NCCc1ccccc1OC. The molecule has 0 bridgehead atoms. The van der Waals surface area contributed by atoms with Gasteiger partial charge in [0.25, 0.3) is 0 Å². The first-order valence-electron chi connectivity index (χ1n) is 5.62. The van der Waals surface area contributed by atoms with E-state index >= 15 is 0 Å². The summed E-state index contributed by atoms with van der Waals surface area (Å²) in [6, 6.07) is 8.51. The third-order valence-corrected chi connectivity index (χ3v) is 2.50. The van der Waals surface area contributed by atoms with Crippen molar-refractivity contribution in [1.29, 1.82) is 0 Å². The van der Waals surface area contributed by atoms with E-state index in [1.165, 1.54) is 5.56 Å². The van der Waals surface area contributed by atoms with Crippen LogP contribution in [0.1, 0.15) is 12.5 Å². The molecule has 0 aromatic heterocycles. The van der Waals surface area contributed by atoms with E-state index in [0.29, 0.717) is 6.04 Å². The topological polar surface area (TPSA) is 30.5 Å². The summed E-state index contributed by atoms with van der Waals surface area (Å²) in [5.41, 5.74) is 1.24. The van der Waals surface area contributed by atoms with Gasteiger partial charge in [0.15, 0.2) is 0 Å². The molecular formula is C13H21NO2. The van der Waals surface area contributed by atoms with Gasteiger partial charge in [0.05, 0.1) is 13.7 Å². The van der Waals surface area contributed by atoms with Gasteiger partial charge in [-0.05, 0) is 31.5 Å². The average Bonchev–Trinajstić information content (AvgIpc) is 2.30. The van der Waals surface area contributed by atoms with Gasteiger partial charge in [-0.2, -0.15) is 0 Å². The highest BCUT2D eigenvalue weighted by Gasteiger charge is 2.03. The van der Waals surface area contributed by atoms with E-state index in [2.05, 4.69) is 18.3 Å². The summed E-state index contributed by atoms with van der Waals surface area (Å²) < 4.78 is 10.4. The highest BCUT2D eigenvalue weighted by atomic mass is 16.5. The van der Waals surface area contributed by atoms with Crippen LogP contribution in [0.5, 0.6) is 5.75 Å². The molecule has 1 aromatic carbocycles. The Kier molecular flexibility index (Phi) is 5.90. The van der Waals surface area contributed by atoms with Crippen LogP contribution in [0.25, 0.3) is 0 Å². The highest BCUT2D eigenvalue weighted by Crippen LogP contribution is 2.17. The number of hydrogen-bond acceptors (Lipinski definition) is 3. The van der Waals surface area contributed by atoms with Gasteiger partial charge >= 0.3 is 0 Å². The van der Waals surface area contributed by atoms with Gasteiger partial charge in [0.1, 0.15) is 5.75 Å². The quantitative estimate of drug-likeness (QED) is 0.765. The summed E-state index contributed by atoms with van der Waals surface area (Å²) in [5, 5.41) is 3.40. The number of benzene rings is 1. The average molecular weight is 223 g/mol. The van der Waals surface area contributed by atoms with E-state index in [-0.39, 0.29) is 0 Å². The van der Waals surface area contributed by atoms with Gasteiger partial charge in [-0.1, -0.05) is 18.2 Å². The summed E-state index contributed by atoms with van der Waals surface area (Å²) in [6.07, 6.45) is 0.970. The lowest BCUT2D eigenvalue weighted by Gasteiger charge is -2.13. The fraction of sp³-hybridized carbons (Fsp3) is 0.538. The second-order valence-corrected chi connectivity index (χ2v) is 3.87. The highest BCUT2D eigenvalue weighted by molar-refractivity contribution is 5.33. The minimum Gasteiger partial charge on any atom is -0.496 e. The van der Waals surface area contributed by atoms with Crippen LogP contribution in [0.3, 0.4) is 0 Å². The van der Waals surface area contributed by atoms with Crippen molar-refractivity contribution in [1.82, 2.24) is 5.32 Å². The lowest BCUT2D eigenvalue weighted by Crippen LogP contribution is -2.31. The number of rotatable bonds is 7. The molecule has 0 aliphatic rings.